The molecule has 0 aliphatic carbocycles. The Morgan fingerprint density at radius 1 is 1.05 bits per heavy atom. The molecule has 9 nitrogen and oxygen atoms in total. The largest absolute Gasteiger partial charge is 0.484 e. The Hall–Kier alpha value is -3.54. The first-order valence-corrected chi connectivity index (χ1v) is 12.4. The van der Waals surface area contributed by atoms with E-state index in [0.29, 0.717) is 28.8 Å². The van der Waals surface area contributed by atoms with Crippen molar-refractivity contribution in [2.75, 3.05) is 43.0 Å². The monoisotopic (exact) mass is 515 g/mol. The van der Waals surface area contributed by atoms with Crippen LogP contribution in [0.2, 0.25) is 0 Å². The van der Waals surface area contributed by atoms with Crippen LogP contribution in [-0.2, 0) is 11.0 Å². The summed E-state index contributed by atoms with van der Waals surface area (Å²) in [6.07, 6.45) is 1.74. The van der Waals surface area contributed by atoms with Gasteiger partial charge in [-0.2, -0.15) is 18.2 Å². The predicted molar refractivity (Wildman–Crippen MR) is 131 cm³/mol. The van der Waals surface area contributed by atoms with Crippen LogP contribution in [0.4, 0.5) is 24.9 Å². The standard InChI is InChI=1S/C25H28F3N7O2/c1-16-22-23(33-24(30-16)35-12-8-18(9-13-35)34-10-2-3-11-34)29-14-20(32-22)31-21(36)15-37-19-6-4-17(5-7-19)25(26,27)28/h4-7,14,18H,2-3,8-13,15H2,1H3,(H,31,32,36). The summed E-state index contributed by atoms with van der Waals surface area (Å²) < 4.78 is 43.3. The van der Waals surface area contributed by atoms with Gasteiger partial charge in [-0.25, -0.2) is 15.0 Å². The molecule has 0 atom stereocenters. The third-order valence-corrected chi connectivity index (χ3v) is 6.79. The van der Waals surface area contributed by atoms with Crippen molar-refractivity contribution in [3.8, 4) is 5.75 Å². The molecule has 2 aromatic heterocycles. The summed E-state index contributed by atoms with van der Waals surface area (Å²) in [6.45, 7) is 5.63. The van der Waals surface area contributed by atoms with Gasteiger partial charge in [-0.1, -0.05) is 0 Å². The van der Waals surface area contributed by atoms with E-state index in [-0.39, 0.29) is 11.6 Å². The van der Waals surface area contributed by atoms with Crippen molar-refractivity contribution in [2.45, 2.75) is 44.8 Å². The van der Waals surface area contributed by atoms with Gasteiger partial charge in [-0.3, -0.25) is 4.79 Å². The van der Waals surface area contributed by atoms with E-state index in [9.17, 15) is 18.0 Å². The molecule has 1 amide bonds. The van der Waals surface area contributed by atoms with Gasteiger partial charge in [0.05, 0.1) is 17.5 Å². The van der Waals surface area contributed by atoms with Crippen molar-refractivity contribution in [1.29, 1.82) is 0 Å². The van der Waals surface area contributed by atoms with E-state index in [1.54, 1.807) is 0 Å². The van der Waals surface area contributed by atoms with Crippen LogP contribution in [0.25, 0.3) is 11.2 Å². The molecule has 2 aliphatic rings. The molecule has 2 fully saturated rings. The Bertz CT molecular complexity index is 1260. The first kappa shape index (κ1) is 25.1. The highest BCUT2D eigenvalue weighted by molar-refractivity contribution is 5.91. The lowest BCUT2D eigenvalue weighted by Gasteiger charge is -2.36. The molecule has 1 N–H and O–H groups in total. The number of carbonyl (C=O) groups is 1. The highest BCUT2D eigenvalue weighted by atomic mass is 19.4. The summed E-state index contributed by atoms with van der Waals surface area (Å²) in [5.74, 6) is 0.471. The normalized spacial score (nSPS) is 17.4. The third kappa shape index (κ3) is 5.90. The van der Waals surface area contributed by atoms with E-state index in [0.717, 1.165) is 38.1 Å². The molecule has 5 rings (SSSR count). The number of piperidine rings is 1. The van der Waals surface area contributed by atoms with E-state index in [1.165, 1.54) is 44.3 Å². The molecule has 2 aliphatic heterocycles. The molecule has 37 heavy (non-hydrogen) atoms. The Balaban J connectivity index is 1.19. The average Bonchev–Trinajstić information content (AvgIpc) is 3.43. The Morgan fingerprint density at radius 3 is 2.43 bits per heavy atom. The minimum Gasteiger partial charge on any atom is -0.484 e. The van der Waals surface area contributed by atoms with Crippen LogP contribution >= 0.6 is 0 Å². The fourth-order valence-corrected chi connectivity index (χ4v) is 4.84. The number of ether oxygens (including phenoxy) is 1. The van der Waals surface area contributed by atoms with E-state index in [2.05, 4.69) is 35.1 Å². The maximum atomic E-state index is 12.7. The Labute approximate surface area is 212 Å². The van der Waals surface area contributed by atoms with Crippen molar-refractivity contribution in [3.05, 3.63) is 41.7 Å². The lowest BCUT2D eigenvalue weighted by Crippen LogP contribution is -2.44. The number of benzene rings is 1. The van der Waals surface area contributed by atoms with Gasteiger partial charge in [0, 0.05) is 19.1 Å². The minimum absolute atomic E-state index is 0.147. The highest BCUT2D eigenvalue weighted by Crippen LogP contribution is 2.30. The summed E-state index contributed by atoms with van der Waals surface area (Å²) in [5.41, 5.74) is 0.801. The molecule has 196 valence electrons. The molecule has 3 aromatic rings. The molecule has 0 radical (unpaired) electrons. The highest BCUT2D eigenvalue weighted by Gasteiger charge is 2.30. The average molecular weight is 516 g/mol. The summed E-state index contributed by atoms with van der Waals surface area (Å²) in [7, 11) is 0. The number of carbonyl (C=O) groups excluding carboxylic acids is 1. The second-order valence-corrected chi connectivity index (χ2v) is 9.36. The van der Waals surface area contributed by atoms with E-state index in [1.807, 2.05) is 6.92 Å². The molecule has 4 heterocycles. The van der Waals surface area contributed by atoms with Gasteiger partial charge in [0.2, 0.25) is 5.95 Å². The predicted octanol–water partition coefficient (Wildman–Crippen LogP) is 3.83. The second-order valence-electron chi connectivity index (χ2n) is 9.36. The number of fused-ring (bicyclic) bond motifs is 1. The molecular formula is C25H28F3N7O2. The molecule has 0 bridgehead atoms. The number of amides is 1. The van der Waals surface area contributed by atoms with E-state index >= 15 is 0 Å². The fourth-order valence-electron chi connectivity index (χ4n) is 4.84. The van der Waals surface area contributed by atoms with Crippen molar-refractivity contribution >= 4 is 28.8 Å². The maximum absolute atomic E-state index is 12.7. The molecular weight excluding hydrogens is 487 g/mol. The number of nitrogens with zero attached hydrogens (tertiary/aromatic N) is 6. The lowest BCUT2D eigenvalue weighted by molar-refractivity contribution is -0.137. The summed E-state index contributed by atoms with van der Waals surface area (Å²) in [4.78, 5) is 35.1. The van der Waals surface area contributed by atoms with Crippen LogP contribution in [0.3, 0.4) is 0 Å². The number of alkyl halides is 3. The second kappa shape index (κ2) is 10.4. The smallest absolute Gasteiger partial charge is 0.416 e. The molecule has 0 spiro atoms. The first-order valence-electron chi connectivity index (χ1n) is 12.4. The quantitative estimate of drug-likeness (QED) is 0.529. The summed E-state index contributed by atoms with van der Waals surface area (Å²) in [6, 6.07) is 4.76. The molecule has 2 saturated heterocycles. The van der Waals surface area contributed by atoms with Crippen LogP contribution in [0.5, 0.6) is 5.75 Å². The van der Waals surface area contributed by atoms with E-state index in [4.69, 9.17) is 4.74 Å². The zero-order chi connectivity index (χ0) is 26.0. The van der Waals surface area contributed by atoms with Crippen LogP contribution in [0.15, 0.2) is 30.5 Å². The number of aryl methyl sites for hydroxylation is 1. The minimum atomic E-state index is -4.43. The third-order valence-electron chi connectivity index (χ3n) is 6.79. The number of aromatic nitrogens is 4. The number of rotatable bonds is 6. The van der Waals surface area contributed by atoms with Crippen LogP contribution < -0.4 is 15.0 Å². The van der Waals surface area contributed by atoms with Crippen molar-refractivity contribution in [3.63, 3.8) is 0 Å². The zero-order valence-electron chi connectivity index (χ0n) is 20.5. The number of hydrogen-bond acceptors (Lipinski definition) is 8. The number of anilines is 2. The van der Waals surface area contributed by atoms with Gasteiger partial charge in [-0.05, 0) is 70.0 Å². The van der Waals surface area contributed by atoms with Crippen LogP contribution in [0, 0.1) is 6.92 Å². The van der Waals surface area contributed by atoms with Crippen LogP contribution in [0.1, 0.15) is 36.9 Å². The number of halogens is 3. The molecule has 0 saturated carbocycles. The van der Waals surface area contributed by atoms with E-state index < -0.39 is 24.3 Å². The lowest BCUT2D eigenvalue weighted by atomic mass is 10.0. The number of hydrogen-bond donors (Lipinski definition) is 1. The van der Waals surface area contributed by atoms with Gasteiger partial charge >= 0.3 is 6.18 Å². The van der Waals surface area contributed by atoms with Crippen molar-refractivity contribution < 1.29 is 22.7 Å². The Kier molecular flexibility index (Phi) is 7.09. The topological polar surface area (TPSA) is 96.4 Å². The molecule has 1 aromatic carbocycles. The summed E-state index contributed by atoms with van der Waals surface area (Å²) in [5, 5.41) is 2.59. The Morgan fingerprint density at radius 2 is 1.76 bits per heavy atom. The summed E-state index contributed by atoms with van der Waals surface area (Å²) >= 11 is 0. The van der Waals surface area contributed by atoms with Gasteiger partial charge in [0.15, 0.2) is 18.1 Å². The molecule has 0 unspecified atom stereocenters. The number of nitrogens with one attached hydrogen (secondary N) is 1. The van der Waals surface area contributed by atoms with Gasteiger partial charge < -0.3 is 19.9 Å². The van der Waals surface area contributed by atoms with Crippen molar-refractivity contribution in [2.24, 2.45) is 0 Å². The van der Waals surface area contributed by atoms with Crippen LogP contribution in [-0.4, -0.2) is 69.6 Å². The first-order chi connectivity index (χ1) is 17.8. The van der Waals surface area contributed by atoms with Gasteiger partial charge in [-0.15, -0.1) is 0 Å². The molecule has 12 heteroatoms. The van der Waals surface area contributed by atoms with Gasteiger partial charge in [0.1, 0.15) is 11.3 Å². The zero-order valence-corrected chi connectivity index (χ0v) is 20.5. The maximum Gasteiger partial charge on any atom is 0.416 e. The van der Waals surface area contributed by atoms with Crippen molar-refractivity contribution in [1.82, 2.24) is 24.8 Å². The SMILES string of the molecule is Cc1nc(N2CCC(N3CCCC3)CC2)nc2ncc(NC(=O)COc3ccc(C(F)(F)F)cc3)nc12. The number of likely N-dealkylation sites (tertiary alicyclic amines) is 1. The van der Waals surface area contributed by atoms with Gasteiger partial charge in [0.25, 0.3) is 5.91 Å². The fraction of sp³-hybridized carbons (Fsp3) is 0.480.